The molecule has 30 heavy (non-hydrogen) atoms. The molecule has 1 aliphatic carbocycles. The molecule has 0 radical (unpaired) electrons. The summed E-state index contributed by atoms with van der Waals surface area (Å²) in [5.41, 5.74) is 0.807. The average molecular weight is 446 g/mol. The van der Waals surface area contributed by atoms with Crippen molar-refractivity contribution in [3.63, 3.8) is 0 Å². The molecule has 0 spiro atoms. The standard InChI is InChI=1S/C20H24ClN7OS/c1-13(17-23-10-16(21)11-24-17)14(2)30-27-19-26-25-18(15-5-4-8-22-9-15)28(19)20(6-7-20)12-29-3/h4-5,8-11,13-14H,6-7,12H2,1-3H3,(H,26,27)/t13?,14-/m0/s1. The number of rotatable bonds is 9. The first-order valence-electron chi connectivity index (χ1n) is 9.78. The first-order chi connectivity index (χ1) is 14.5. The number of aromatic nitrogens is 6. The quantitative estimate of drug-likeness (QED) is 0.490. The molecule has 0 bridgehead atoms. The minimum Gasteiger partial charge on any atom is -0.382 e. The largest absolute Gasteiger partial charge is 0.382 e. The van der Waals surface area contributed by atoms with Crippen molar-refractivity contribution in [3.05, 3.63) is 47.8 Å². The van der Waals surface area contributed by atoms with Crippen LogP contribution in [-0.4, -0.2) is 48.7 Å². The Balaban J connectivity index is 1.55. The van der Waals surface area contributed by atoms with Gasteiger partial charge in [-0.15, -0.1) is 10.2 Å². The van der Waals surface area contributed by atoms with E-state index in [0.29, 0.717) is 17.6 Å². The second-order valence-electron chi connectivity index (χ2n) is 7.55. The van der Waals surface area contributed by atoms with Crippen LogP contribution in [0.25, 0.3) is 11.4 Å². The van der Waals surface area contributed by atoms with E-state index >= 15 is 0 Å². The predicted octanol–water partition coefficient (Wildman–Crippen LogP) is 4.17. The molecular formula is C20H24ClN7OS. The molecule has 8 nitrogen and oxygen atoms in total. The molecular weight excluding hydrogens is 422 g/mol. The van der Waals surface area contributed by atoms with Crippen molar-refractivity contribution in [1.82, 2.24) is 29.7 Å². The second kappa shape index (κ2) is 8.87. The highest BCUT2D eigenvalue weighted by molar-refractivity contribution is 8.01. The smallest absolute Gasteiger partial charge is 0.235 e. The molecule has 3 aromatic heterocycles. The number of methoxy groups -OCH3 is 1. The number of ether oxygens (including phenoxy) is 1. The minimum absolute atomic E-state index is 0.125. The van der Waals surface area contributed by atoms with Crippen LogP contribution >= 0.6 is 23.5 Å². The first kappa shape index (κ1) is 21.0. The summed E-state index contributed by atoms with van der Waals surface area (Å²) in [6.45, 7) is 4.84. The zero-order valence-electron chi connectivity index (χ0n) is 17.1. The lowest BCUT2D eigenvalue weighted by molar-refractivity contribution is 0.145. The molecule has 1 unspecified atom stereocenters. The maximum Gasteiger partial charge on any atom is 0.235 e. The van der Waals surface area contributed by atoms with Crippen LogP contribution in [0.4, 0.5) is 5.95 Å². The molecule has 1 saturated carbocycles. The van der Waals surface area contributed by atoms with Crippen LogP contribution in [0.15, 0.2) is 36.9 Å². The maximum absolute atomic E-state index is 5.91. The molecule has 3 heterocycles. The molecule has 0 aliphatic heterocycles. The van der Waals surface area contributed by atoms with Gasteiger partial charge in [-0.05, 0) is 36.9 Å². The van der Waals surface area contributed by atoms with Crippen molar-refractivity contribution in [2.75, 3.05) is 18.4 Å². The number of nitrogens with zero attached hydrogens (tertiary/aromatic N) is 6. The molecule has 0 aromatic carbocycles. The fraction of sp³-hybridized carbons (Fsp3) is 0.450. The molecule has 1 aliphatic rings. The number of anilines is 1. The first-order valence-corrected chi connectivity index (χ1v) is 11.0. The highest BCUT2D eigenvalue weighted by Gasteiger charge is 2.48. The highest BCUT2D eigenvalue weighted by atomic mass is 35.5. The lowest BCUT2D eigenvalue weighted by atomic mass is 10.1. The van der Waals surface area contributed by atoms with Gasteiger partial charge in [-0.3, -0.25) is 14.3 Å². The average Bonchev–Trinajstić information content (AvgIpc) is 3.41. The third-order valence-corrected chi connectivity index (χ3v) is 6.66. The summed E-state index contributed by atoms with van der Waals surface area (Å²) in [7, 11) is 1.73. The molecule has 0 amide bonds. The van der Waals surface area contributed by atoms with Crippen molar-refractivity contribution in [1.29, 1.82) is 0 Å². The maximum atomic E-state index is 5.91. The van der Waals surface area contributed by atoms with Gasteiger partial charge < -0.3 is 4.74 Å². The Hall–Kier alpha value is -2.23. The number of nitrogens with one attached hydrogen (secondary N) is 1. The van der Waals surface area contributed by atoms with Crippen molar-refractivity contribution >= 4 is 29.5 Å². The van der Waals surface area contributed by atoms with E-state index in [-0.39, 0.29) is 16.7 Å². The van der Waals surface area contributed by atoms with E-state index in [0.717, 1.165) is 30.1 Å². The molecule has 158 valence electrons. The Morgan fingerprint density at radius 1 is 1.23 bits per heavy atom. The number of hydrogen-bond donors (Lipinski definition) is 1. The van der Waals surface area contributed by atoms with Crippen molar-refractivity contribution < 1.29 is 4.74 Å². The fourth-order valence-electron chi connectivity index (χ4n) is 3.34. The van der Waals surface area contributed by atoms with Gasteiger partial charge in [0.1, 0.15) is 5.82 Å². The third kappa shape index (κ3) is 4.28. The van der Waals surface area contributed by atoms with Gasteiger partial charge in [-0.2, -0.15) is 0 Å². The Morgan fingerprint density at radius 3 is 2.63 bits per heavy atom. The van der Waals surface area contributed by atoms with Crippen molar-refractivity contribution in [2.24, 2.45) is 0 Å². The summed E-state index contributed by atoms with van der Waals surface area (Å²) in [5, 5.41) is 9.64. The minimum atomic E-state index is -0.125. The van der Waals surface area contributed by atoms with E-state index in [2.05, 4.69) is 48.3 Å². The molecule has 10 heteroatoms. The monoisotopic (exact) mass is 445 g/mol. The topological polar surface area (TPSA) is 90.6 Å². The van der Waals surface area contributed by atoms with Crippen LogP contribution in [0.2, 0.25) is 5.02 Å². The lowest BCUT2D eigenvalue weighted by Crippen LogP contribution is -2.25. The van der Waals surface area contributed by atoms with Crippen LogP contribution < -0.4 is 4.72 Å². The van der Waals surface area contributed by atoms with E-state index in [4.69, 9.17) is 16.3 Å². The van der Waals surface area contributed by atoms with Crippen LogP contribution in [0.5, 0.6) is 0 Å². The van der Waals surface area contributed by atoms with Crippen molar-refractivity contribution in [2.45, 2.75) is 43.4 Å². The molecule has 3 aromatic rings. The zero-order valence-corrected chi connectivity index (χ0v) is 18.7. The van der Waals surface area contributed by atoms with Gasteiger partial charge in [0, 0.05) is 48.6 Å². The summed E-state index contributed by atoms with van der Waals surface area (Å²) in [6, 6.07) is 3.90. The summed E-state index contributed by atoms with van der Waals surface area (Å²) < 4.78 is 11.1. The van der Waals surface area contributed by atoms with Gasteiger partial charge in [0.2, 0.25) is 5.95 Å². The Morgan fingerprint density at radius 2 is 2.00 bits per heavy atom. The predicted molar refractivity (Wildman–Crippen MR) is 118 cm³/mol. The van der Waals surface area contributed by atoms with E-state index in [1.54, 1.807) is 37.6 Å². The van der Waals surface area contributed by atoms with Gasteiger partial charge >= 0.3 is 0 Å². The second-order valence-corrected chi connectivity index (χ2v) is 9.17. The lowest BCUT2D eigenvalue weighted by Gasteiger charge is -2.23. The zero-order chi connectivity index (χ0) is 21.1. The molecule has 0 saturated heterocycles. The number of halogens is 1. The fourth-order valence-corrected chi connectivity index (χ4v) is 4.19. The molecule has 1 N–H and O–H groups in total. The molecule has 2 atom stereocenters. The summed E-state index contributed by atoms with van der Waals surface area (Å²) in [5.74, 6) is 2.39. The van der Waals surface area contributed by atoms with Crippen LogP contribution in [-0.2, 0) is 10.3 Å². The van der Waals surface area contributed by atoms with Crippen molar-refractivity contribution in [3.8, 4) is 11.4 Å². The number of hydrogen-bond acceptors (Lipinski definition) is 8. The SMILES string of the molecule is COCC1(n2c(NS[C@@H](C)C(C)c3ncc(Cl)cn3)nnc2-c2cccnc2)CC1. The van der Waals surface area contributed by atoms with E-state index < -0.39 is 0 Å². The third-order valence-electron chi connectivity index (χ3n) is 5.39. The van der Waals surface area contributed by atoms with Gasteiger partial charge in [-0.1, -0.05) is 25.4 Å². The summed E-state index contributed by atoms with van der Waals surface area (Å²) in [4.78, 5) is 12.9. The van der Waals surface area contributed by atoms with Crippen LogP contribution in [0, 0.1) is 0 Å². The van der Waals surface area contributed by atoms with Gasteiger partial charge in [0.25, 0.3) is 0 Å². The van der Waals surface area contributed by atoms with E-state index in [1.807, 2.05) is 18.3 Å². The normalized spacial score (nSPS) is 16.8. The molecule has 4 rings (SSSR count). The number of pyridine rings is 1. The Labute approximate surface area is 185 Å². The Bertz CT molecular complexity index is 979. The van der Waals surface area contributed by atoms with E-state index in [9.17, 15) is 0 Å². The van der Waals surface area contributed by atoms with Crippen LogP contribution in [0.3, 0.4) is 0 Å². The Kier molecular flexibility index (Phi) is 6.21. The summed E-state index contributed by atoms with van der Waals surface area (Å²) >= 11 is 7.49. The molecule has 1 fully saturated rings. The van der Waals surface area contributed by atoms with E-state index in [1.165, 1.54) is 0 Å². The van der Waals surface area contributed by atoms with Gasteiger partial charge in [0.05, 0.1) is 17.2 Å². The van der Waals surface area contributed by atoms with Crippen LogP contribution in [0.1, 0.15) is 38.4 Å². The van der Waals surface area contributed by atoms with Gasteiger partial charge in [0.15, 0.2) is 5.82 Å². The van der Waals surface area contributed by atoms with Gasteiger partial charge in [-0.25, -0.2) is 9.97 Å². The summed E-state index contributed by atoms with van der Waals surface area (Å²) in [6.07, 6.45) is 8.87. The highest BCUT2D eigenvalue weighted by Crippen LogP contribution is 2.48.